The van der Waals surface area contributed by atoms with E-state index in [1.54, 1.807) is 0 Å². The molecule has 0 amide bonds. The Morgan fingerprint density at radius 1 is 1.33 bits per heavy atom. The monoisotopic (exact) mass is 202 g/mol. The fourth-order valence-corrected chi connectivity index (χ4v) is 2.34. The van der Waals surface area contributed by atoms with Gasteiger partial charge in [0.25, 0.3) is 0 Å². The Bertz CT molecular complexity index is 281. The van der Waals surface area contributed by atoms with Crippen molar-refractivity contribution >= 4 is 0 Å². The van der Waals surface area contributed by atoms with Crippen LogP contribution in [0.3, 0.4) is 0 Å². The van der Waals surface area contributed by atoms with Gasteiger partial charge in [-0.1, -0.05) is 37.3 Å². The molecule has 1 heterocycles. The minimum absolute atomic E-state index is 0.767. The van der Waals surface area contributed by atoms with Crippen molar-refractivity contribution in [3.8, 4) is 0 Å². The quantitative estimate of drug-likeness (QED) is 0.725. The van der Waals surface area contributed by atoms with Crippen LogP contribution in [0.25, 0.3) is 0 Å². The fraction of sp³-hybridized carbons (Fsp3) is 0.500. The van der Waals surface area contributed by atoms with Crippen LogP contribution in [0, 0.1) is 6.42 Å². The van der Waals surface area contributed by atoms with Crippen LogP contribution in [0.1, 0.15) is 31.2 Å². The van der Waals surface area contributed by atoms with E-state index in [-0.39, 0.29) is 0 Å². The molecule has 1 aliphatic heterocycles. The molecule has 1 heteroatoms. The normalized spacial score (nSPS) is 22.1. The number of unbranched alkanes of at least 4 members (excludes halogenated alkanes) is 1. The molecule has 2 rings (SSSR count). The zero-order chi connectivity index (χ0) is 10.5. The van der Waals surface area contributed by atoms with Gasteiger partial charge in [-0.25, -0.2) is 0 Å². The van der Waals surface area contributed by atoms with Crippen LogP contribution in [0.4, 0.5) is 0 Å². The predicted octanol–water partition coefficient (Wildman–Crippen LogP) is 3.09. The van der Waals surface area contributed by atoms with Gasteiger partial charge in [0, 0.05) is 6.54 Å². The second kappa shape index (κ2) is 5.32. The maximum absolute atomic E-state index is 2.58. The fourth-order valence-electron chi connectivity index (χ4n) is 2.34. The highest BCUT2D eigenvalue weighted by Crippen LogP contribution is 2.26. The molecule has 0 saturated carbocycles. The molecule has 0 bridgehead atoms. The Balaban J connectivity index is 1.87. The van der Waals surface area contributed by atoms with E-state index >= 15 is 0 Å². The third-order valence-electron chi connectivity index (χ3n) is 3.28. The molecule has 0 aromatic heterocycles. The number of nitrogens with zero attached hydrogens (tertiary/aromatic N) is 1. The van der Waals surface area contributed by atoms with Crippen LogP contribution >= 0.6 is 0 Å². The first-order valence-electron chi connectivity index (χ1n) is 5.95. The Kier molecular flexibility index (Phi) is 3.79. The largest absolute Gasteiger partial charge is 0.303 e. The maximum Gasteiger partial charge on any atom is 0.00507 e. The number of rotatable bonds is 4. The Morgan fingerprint density at radius 3 is 2.87 bits per heavy atom. The first-order valence-corrected chi connectivity index (χ1v) is 5.95. The molecule has 1 unspecified atom stereocenters. The molecule has 0 N–H and O–H groups in total. The van der Waals surface area contributed by atoms with E-state index in [2.05, 4.69) is 48.6 Å². The maximum atomic E-state index is 2.58. The second-order valence-corrected chi connectivity index (χ2v) is 4.39. The molecule has 1 atom stereocenters. The summed E-state index contributed by atoms with van der Waals surface area (Å²) in [5.74, 6) is 0.767. The lowest BCUT2D eigenvalue weighted by Crippen LogP contribution is -2.21. The van der Waals surface area contributed by atoms with Crippen molar-refractivity contribution in [1.82, 2.24) is 4.90 Å². The van der Waals surface area contributed by atoms with E-state index in [1.165, 1.54) is 38.0 Å². The molecule has 15 heavy (non-hydrogen) atoms. The van der Waals surface area contributed by atoms with Crippen LogP contribution in [-0.4, -0.2) is 24.5 Å². The van der Waals surface area contributed by atoms with Crippen molar-refractivity contribution < 1.29 is 0 Å². The van der Waals surface area contributed by atoms with Crippen molar-refractivity contribution in [3.05, 3.63) is 42.3 Å². The summed E-state index contributed by atoms with van der Waals surface area (Å²) in [7, 11) is 0. The summed E-state index contributed by atoms with van der Waals surface area (Å²) >= 11 is 0. The molecule has 1 fully saturated rings. The SMILES string of the molecule is C[CH]CCN1CCC(c2ccccc2)C1. The number of benzene rings is 1. The first-order chi connectivity index (χ1) is 7.40. The van der Waals surface area contributed by atoms with Gasteiger partial charge in [-0.3, -0.25) is 0 Å². The summed E-state index contributed by atoms with van der Waals surface area (Å²) < 4.78 is 0. The lowest BCUT2D eigenvalue weighted by molar-refractivity contribution is 0.338. The van der Waals surface area contributed by atoms with Crippen molar-refractivity contribution in [1.29, 1.82) is 0 Å². The van der Waals surface area contributed by atoms with Gasteiger partial charge in [0.05, 0.1) is 0 Å². The van der Waals surface area contributed by atoms with Crippen LogP contribution in [0.5, 0.6) is 0 Å². The van der Waals surface area contributed by atoms with Crippen molar-refractivity contribution in [3.63, 3.8) is 0 Å². The van der Waals surface area contributed by atoms with E-state index < -0.39 is 0 Å². The number of likely N-dealkylation sites (tertiary alicyclic amines) is 1. The summed E-state index contributed by atoms with van der Waals surface area (Å²) in [6.07, 6.45) is 4.81. The molecule has 1 radical (unpaired) electrons. The molecular formula is C14H20N. The summed E-state index contributed by atoms with van der Waals surface area (Å²) in [6, 6.07) is 10.9. The highest BCUT2D eigenvalue weighted by molar-refractivity contribution is 5.20. The number of hydrogen-bond donors (Lipinski definition) is 0. The second-order valence-electron chi connectivity index (χ2n) is 4.39. The highest BCUT2D eigenvalue weighted by Gasteiger charge is 2.22. The van der Waals surface area contributed by atoms with Gasteiger partial charge < -0.3 is 4.90 Å². The van der Waals surface area contributed by atoms with Crippen LogP contribution in [0.15, 0.2) is 30.3 Å². The van der Waals surface area contributed by atoms with Crippen molar-refractivity contribution in [2.75, 3.05) is 19.6 Å². The van der Waals surface area contributed by atoms with E-state index in [0.717, 1.165) is 5.92 Å². The van der Waals surface area contributed by atoms with E-state index in [4.69, 9.17) is 0 Å². The standard InChI is InChI=1S/C14H20N/c1-2-3-10-15-11-9-14(12-15)13-7-5-4-6-8-13/h2,4-8,14H,3,9-12H2,1H3. The molecule has 0 aliphatic carbocycles. The molecule has 1 aliphatic rings. The molecule has 81 valence electrons. The zero-order valence-corrected chi connectivity index (χ0v) is 9.52. The molecular weight excluding hydrogens is 182 g/mol. The Hall–Kier alpha value is -0.820. The average Bonchev–Trinajstić information content (AvgIpc) is 2.76. The minimum atomic E-state index is 0.767. The topological polar surface area (TPSA) is 3.24 Å². The molecule has 1 aromatic carbocycles. The van der Waals surface area contributed by atoms with Gasteiger partial charge in [0.1, 0.15) is 0 Å². The smallest absolute Gasteiger partial charge is 0.00507 e. The van der Waals surface area contributed by atoms with E-state index in [1.807, 2.05) is 0 Å². The molecule has 1 nitrogen and oxygen atoms in total. The van der Waals surface area contributed by atoms with E-state index in [9.17, 15) is 0 Å². The average molecular weight is 202 g/mol. The molecule has 0 spiro atoms. The zero-order valence-electron chi connectivity index (χ0n) is 9.52. The van der Waals surface area contributed by atoms with Gasteiger partial charge in [0.2, 0.25) is 0 Å². The number of hydrogen-bond acceptors (Lipinski definition) is 1. The summed E-state index contributed by atoms with van der Waals surface area (Å²) in [6.45, 7) is 5.90. The third-order valence-corrected chi connectivity index (χ3v) is 3.28. The highest BCUT2D eigenvalue weighted by atomic mass is 15.1. The molecule has 1 aromatic rings. The lowest BCUT2D eigenvalue weighted by atomic mass is 9.99. The van der Waals surface area contributed by atoms with Gasteiger partial charge >= 0.3 is 0 Å². The van der Waals surface area contributed by atoms with Crippen LogP contribution < -0.4 is 0 Å². The van der Waals surface area contributed by atoms with Crippen LogP contribution in [0.2, 0.25) is 0 Å². The lowest BCUT2D eigenvalue weighted by Gasteiger charge is -2.15. The van der Waals surface area contributed by atoms with Crippen LogP contribution in [-0.2, 0) is 0 Å². The van der Waals surface area contributed by atoms with Crippen molar-refractivity contribution in [2.45, 2.75) is 25.7 Å². The molecule has 1 saturated heterocycles. The van der Waals surface area contributed by atoms with Crippen molar-refractivity contribution in [2.24, 2.45) is 0 Å². The van der Waals surface area contributed by atoms with Gasteiger partial charge in [-0.2, -0.15) is 0 Å². The Labute approximate surface area is 93.1 Å². The van der Waals surface area contributed by atoms with Gasteiger partial charge in [-0.15, -0.1) is 0 Å². The predicted molar refractivity (Wildman–Crippen MR) is 64.8 cm³/mol. The third kappa shape index (κ3) is 2.82. The summed E-state index contributed by atoms with van der Waals surface area (Å²) in [4.78, 5) is 2.58. The van der Waals surface area contributed by atoms with Gasteiger partial charge in [0.15, 0.2) is 0 Å². The van der Waals surface area contributed by atoms with E-state index in [0.29, 0.717) is 0 Å². The van der Waals surface area contributed by atoms with Gasteiger partial charge in [-0.05, 0) is 43.8 Å². The Morgan fingerprint density at radius 2 is 2.13 bits per heavy atom. The minimum Gasteiger partial charge on any atom is -0.303 e. The first kappa shape index (κ1) is 10.7. The summed E-state index contributed by atoms with van der Waals surface area (Å²) in [5, 5.41) is 0. The summed E-state index contributed by atoms with van der Waals surface area (Å²) in [5.41, 5.74) is 1.51.